The van der Waals surface area contributed by atoms with Gasteiger partial charge >= 0.3 is 0 Å². The summed E-state index contributed by atoms with van der Waals surface area (Å²) in [5, 5.41) is 6.29. The highest BCUT2D eigenvalue weighted by molar-refractivity contribution is 7.99. The average Bonchev–Trinajstić information content (AvgIpc) is 2.41. The van der Waals surface area contributed by atoms with Gasteiger partial charge in [-0.2, -0.15) is 23.5 Å². The molecule has 0 bridgehead atoms. The number of amides is 1. The highest BCUT2D eigenvalue weighted by atomic mass is 32.2. The lowest BCUT2D eigenvalue weighted by Crippen LogP contribution is -2.50. The summed E-state index contributed by atoms with van der Waals surface area (Å²) in [6.45, 7) is 5.06. The van der Waals surface area contributed by atoms with Gasteiger partial charge in [-0.05, 0) is 0 Å². The zero-order chi connectivity index (χ0) is 11.9. The maximum atomic E-state index is 11.8. The van der Waals surface area contributed by atoms with Crippen molar-refractivity contribution in [3.63, 3.8) is 0 Å². The van der Waals surface area contributed by atoms with Crippen molar-refractivity contribution in [2.75, 3.05) is 55.7 Å². The molecule has 2 aliphatic rings. The molecular formula is C11H21N3OS2. The second kappa shape index (κ2) is 7.51. The predicted molar refractivity (Wildman–Crippen MR) is 75.9 cm³/mol. The van der Waals surface area contributed by atoms with E-state index in [2.05, 4.69) is 15.5 Å². The third kappa shape index (κ3) is 4.69. The molecule has 0 aromatic heterocycles. The minimum atomic E-state index is 0.0191. The first-order valence-corrected chi connectivity index (χ1v) is 8.56. The molecule has 2 N–H and O–H groups in total. The summed E-state index contributed by atoms with van der Waals surface area (Å²) in [5.41, 5.74) is 0. The normalized spacial score (nSPS) is 26.7. The molecule has 2 aliphatic heterocycles. The maximum Gasteiger partial charge on any atom is 0.238 e. The highest BCUT2D eigenvalue weighted by Crippen LogP contribution is 2.09. The molecule has 2 rings (SSSR count). The molecule has 6 heteroatoms. The molecule has 1 unspecified atom stereocenters. The summed E-state index contributed by atoms with van der Waals surface area (Å²) >= 11 is 3.88. The van der Waals surface area contributed by atoms with Crippen LogP contribution in [-0.4, -0.2) is 72.6 Å². The van der Waals surface area contributed by atoms with Crippen molar-refractivity contribution in [3.8, 4) is 0 Å². The van der Waals surface area contributed by atoms with E-state index in [1.54, 1.807) is 0 Å². The van der Waals surface area contributed by atoms with E-state index in [1.165, 1.54) is 11.5 Å². The summed E-state index contributed by atoms with van der Waals surface area (Å²) < 4.78 is 0. The van der Waals surface area contributed by atoms with Crippen molar-refractivity contribution < 1.29 is 4.79 Å². The van der Waals surface area contributed by atoms with E-state index in [0.717, 1.165) is 44.2 Å². The molecule has 1 amide bonds. The zero-order valence-electron chi connectivity index (χ0n) is 10.1. The average molecular weight is 275 g/mol. The molecule has 17 heavy (non-hydrogen) atoms. The Morgan fingerprint density at radius 1 is 1.29 bits per heavy atom. The molecular weight excluding hydrogens is 254 g/mol. The molecule has 0 radical (unpaired) electrons. The smallest absolute Gasteiger partial charge is 0.238 e. The molecule has 0 spiro atoms. The second-order valence-corrected chi connectivity index (χ2v) is 6.70. The number of hydrogen-bond donors (Lipinski definition) is 2. The van der Waals surface area contributed by atoms with Gasteiger partial charge in [-0.25, -0.2) is 0 Å². The lowest BCUT2D eigenvalue weighted by molar-refractivity contribution is -0.122. The number of carbonyl (C=O) groups is 1. The third-order valence-electron chi connectivity index (χ3n) is 3.07. The Morgan fingerprint density at radius 3 is 2.82 bits per heavy atom. The van der Waals surface area contributed by atoms with Gasteiger partial charge in [0, 0.05) is 55.7 Å². The van der Waals surface area contributed by atoms with Crippen LogP contribution in [0.3, 0.4) is 0 Å². The lowest BCUT2D eigenvalue weighted by Gasteiger charge is -2.27. The van der Waals surface area contributed by atoms with E-state index in [-0.39, 0.29) is 11.9 Å². The fourth-order valence-electron chi connectivity index (χ4n) is 2.02. The standard InChI is InChI=1S/C11H21N3OS2/c15-11(10-9-17-6-2-12-10)13-1-3-14-4-7-16-8-5-14/h10,12H,1-9H2,(H,13,15). The van der Waals surface area contributed by atoms with Crippen LogP contribution in [0.15, 0.2) is 0 Å². The maximum absolute atomic E-state index is 11.8. The summed E-state index contributed by atoms with van der Waals surface area (Å²) in [6, 6.07) is 0.0191. The van der Waals surface area contributed by atoms with Crippen molar-refractivity contribution >= 4 is 29.4 Å². The third-order valence-corrected chi connectivity index (χ3v) is 5.07. The number of hydrogen-bond acceptors (Lipinski definition) is 5. The Hall–Kier alpha value is 0.0900. The van der Waals surface area contributed by atoms with Gasteiger partial charge in [0.1, 0.15) is 0 Å². The molecule has 2 fully saturated rings. The lowest BCUT2D eigenvalue weighted by atomic mass is 10.3. The van der Waals surface area contributed by atoms with Crippen LogP contribution in [0.4, 0.5) is 0 Å². The van der Waals surface area contributed by atoms with Gasteiger partial charge in [0.2, 0.25) is 5.91 Å². The number of nitrogens with one attached hydrogen (secondary N) is 2. The van der Waals surface area contributed by atoms with Gasteiger partial charge in [-0.3, -0.25) is 9.69 Å². The van der Waals surface area contributed by atoms with Crippen molar-refractivity contribution in [3.05, 3.63) is 0 Å². The molecule has 0 aromatic rings. The minimum absolute atomic E-state index is 0.0191. The van der Waals surface area contributed by atoms with E-state index in [0.29, 0.717) is 0 Å². The van der Waals surface area contributed by atoms with Crippen molar-refractivity contribution in [2.45, 2.75) is 6.04 Å². The predicted octanol–water partition coefficient (Wildman–Crippen LogP) is -0.144. The van der Waals surface area contributed by atoms with Gasteiger partial charge in [0.25, 0.3) is 0 Å². The molecule has 98 valence electrons. The Kier molecular flexibility index (Phi) is 5.97. The molecule has 1 atom stereocenters. The topological polar surface area (TPSA) is 44.4 Å². The Balaban J connectivity index is 1.58. The van der Waals surface area contributed by atoms with Crippen LogP contribution >= 0.6 is 23.5 Å². The monoisotopic (exact) mass is 275 g/mol. The Labute approximate surface area is 112 Å². The van der Waals surface area contributed by atoms with Gasteiger partial charge in [0.15, 0.2) is 0 Å². The van der Waals surface area contributed by atoms with Crippen molar-refractivity contribution in [1.82, 2.24) is 15.5 Å². The SMILES string of the molecule is O=C(NCCN1CCSCC1)C1CSCCN1. The zero-order valence-corrected chi connectivity index (χ0v) is 11.7. The number of thioether (sulfide) groups is 2. The fourth-order valence-corrected chi connectivity index (χ4v) is 3.93. The van der Waals surface area contributed by atoms with Crippen molar-refractivity contribution in [1.29, 1.82) is 0 Å². The molecule has 2 heterocycles. The Bertz CT molecular complexity index is 241. The van der Waals surface area contributed by atoms with Crippen LogP contribution in [-0.2, 0) is 4.79 Å². The summed E-state index contributed by atoms with van der Waals surface area (Å²) in [6.07, 6.45) is 0. The van der Waals surface area contributed by atoms with Crippen LogP contribution in [0.2, 0.25) is 0 Å². The van der Waals surface area contributed by atoms with Gasteiger partial charge in [0.05, 0.1) is 6.04 Å². The van der Waals surface area contributed by atoms with Crippen LogP contribution in [0.5, 0.6) is 0 Å². The molecule has 4 nitrogen and oxygen atoms in total. The fraction of sp³-hybridized carbons (Fsp3) is 0.909. The van der Waals surface area contributed by atoms with Crippen LogP contribution < -0.4 is 10.6 Å². The summed E-state index contributed by atoms with van der Waals surface area (Å²) in [4.78, 5) is 14.3. The highest BCUT2D eigenvalue weighted by Gasteiger charge is 2.20. The first-order valence-electron chi connectivity index (χ1n) is 6.25. The summed E-state index contributed by atoms with van der Waals surface area (Å²) in [7, 11) is 0. The van der Waals surface area contributed by atoms with Crippen molar-refractivity contribution in [2.24, 2.45) is 0 Å². The number of rotatable bonds is 4. The van der Waals surface area contributed by atoms with Crippen LogP contribution in [0, 0.1) is 0 Å². The molecule has 0 aromatic carbocycles. The minimum Gasteiger partial charge on any atom is -0.353 e. The van der Waals surface area contributed by atoms with E-state index in [9.17, 15) is 4.79 Å². The van der Waals surface area contributed by atoms with E-state index in [1.807, 2.05) is 23.5 Å². The molecule has 0 aliphatic carbocycles. The van der Waals surface area contributed by atoms with Gasteiger partial charge in [-0.1, -0.05) is 0 Å². The number of nitrogens with zero attached hydrogens (tertiary/aromatic N) is 1. The second-order valence-electron chi connectivity index (χ2n) is 4.33. The molecule has 2 saturated heterocycles. The van der Waals surface area contributed by atoms with E-state index < -0.39 is 0 Å². The van der Waals surface area contributed by atoms with Crippen LogP contribution in [0.25, 0.3) is 0 Å². The van der Waals surface area contributed by atoms with Gasteiger partial charge in [-0.15, -0.1) is 0 Å². The first-order chi connectivity index (χ1) is 8.36. The quantitative estimate of drug-likeness (QED) is 0.747. The van der Waals surface area contributed by atoms with Gasteiger partial charge < -0.3 is 10.6 Å². The molecule has 0 saturated carbocycles. The van der Waals surface area contributed by atoms with Crippen LogP contribution in [0.1, 0.15) is 0 Å². The summed E-state index contributed by atoms with van der Waals surface area (Å²) in [5.74, 6) is 4.66. The first kappa shape index (κ1) is 13.5. The van der Waals surface area contributed by atoms with E-state index in [4.69, 9.17) is 0 Å². The number of carbonyl (C=O) groups excluding carboxylic acids is 1. The largest absolute Gasteiger partial charge is 0.353 e. The van der Waals surface area contributed by atoms with E-state index >= 15 is 0 Å². The Morgan fingerprint density at radius 2 is 2.12 bits per heavy atom.